The van der Waals surface area contributed by atoms with Gasteiger partial charge in [-0.25, -0.2) is 4.98 Å². The number of rotatable bonds is 6. The highest BCUT2D eigenvalue weighted by atomic mass is 16.5. The number of methoxy groups -OCH3 is 1. The molecule has 2 N–H and O–H groups in total. The van der Waals surface area contributed by atoms with Crippen molar-refractivity contribution in [1.82, 2.24) is 15.2 Å². The number of hydrogen-bond donors (Lipinski definition) is 2. The Bertz CT molecular complexity index is 850. The monoisotopic (exact) mass is 327 g/mol. The third kappa shape index (κ3) is 3.27. The molecule has 0 radical (unpaired) electrons. The minimum Gasteiger partial charge on any atom is -0.504 e. The third-order valence-corrected chi connectivity index (χ3v) is 3.09. The zero-order valence-corrected chi connectivity index (χ0v) is 12.6. The van der Waals surface area contributed by atoms with Gasteiger partial charge in [0.15, 0.2) is 17.3 Å². The summed E-state index contributed by atoms with van der Waals surface area (Å²) in [6, 6.07) is 6.85. The number of ketones is 1. The van der Waals surface area contributed by atoms with Crippen molar-refractivity contribution in [2.45, 2.75) is 0 Å². The molecule has 24 heavy (non-hydrogen) atoms. The maximum atomic E-state index is 12.3. The van der Waals surface area contributed by atoms with Gasteiger partial charge in [0.05, 0.1) is 7.11 Å². The van der Waals surface area contributed by atoms with Gasteiger partial charge in [0.25, 0.3) is 0 Å². The molecule has 0 aliphatic heterocycles. The molecule has 8 heteroatoms. The van der Waals surface area contributed by atoms with Crippen molar-refractivity contribution in [3.05, 3.63) is 60.6 Å². The molecule has 0 bridgehead atoms. The molecule has 0 unspecified atom stereocenters. The van der Waals surface area contributed by atoms with E-state index in [1.54, 1.807) is 31.4 Å². The molecule has 0 fully saturated rings. The molecule has 122 valence electrons. The lowest BCUT2D eigenvalue weighted by Gasteiger charge is -2.05. The quantitative estimate of drug-likeness (QED) is 0.407. The molecule has 1 aromatic carbocycles. The van der Waals surface area contributed by atoms with Crippen LogP contribution in [0.25, 0.3) is 5.76 Å². The minimum atomic E-state index is -0.505. The molecular weight excluding hydrogens is 314 g/mol. The Morgan fingerprint density at radius 2 is 2.00 bits per heavy atom. The Morgan fingerprint density at radius 3 is 2.67 bits per heavy atom. The first-order valence-corrected chi connectivity index (χ1v) is 6.86. The third-order valence-electron chi connectivity index (χ3n) is 3.09. The Morgan fingerprint density at radius 1 is 1.25 bits per heavy atom. The zero-order valence-electron chi connectivity index (χ0n) is 12.6. The Balaban J connectivity index is 1.79. The van der Waals surface area contributed by atoms with Crippen molar-refractivity contribution in [2.24, 2.45) is 0 Å². The van der Waals surface area contributed by atoms with Crippen molar-refractivity contribution >= 4 is 11.5 Å². The lowest BCUT2D eigenvalue weighted by atomic mass is 10.2. The smallest absolute Gasteiger partial charge is 0.215 e. The van der Waals surface area contributed by atoms with Gasteiger partial charge in [-0.3, -0.25) is 9.89 Å². The van der Waals surface area contributed by atoms with E-state index in [1.165, 1.54) is 18.9 Å². The molecule has 2 heterocycles. The Kier molecular flexibility index (Phi) is 4.28. The van der Waals surface area contributed by atoms with Crippen LogP contribution in [0.4, 0.5) is 0 Å². The predicted molar refractivity (Wildman–Crippen MR) is 83.1 cm³/mol. The summed E-state index contributed by atoms with van der Waals surface area (Å²) in [6.45, 7) is 0. The van der Waals surface area contributed by atoms with E-state index in [0.29, 0.717) is 11.5 Å². The van der Waals surface area contributed by atoms with Crippen LogP contribution in [0.1, 0.15) is 16.2 Å². The van der Waals surface area contributed by atoms with Crippen molar-refractivity contribution in [1.29, 1.82) is 0 Å². The fraction of sp³-hybridized carbons (Fsp3) is 0.0625. The van der Waals surface area contributed by atoms with Crippen LogP contribution in [-0.2, 0) is 0 Å². The summed E-state index contributed by atoms with van der Waals surface area (Å²) in [5.74, 6) is 0.569. The van der Waals surface area contributed by atoms with Crippen molar-refractivity contribution in [3.63, 3.8) is 0 Å². The number of allylic oxidation sites excluding steroid dienone is 1. The molecule has 3 aromatic rings. The topological polar surface area (TPSA) is 110 Å². The van der Waals surface area contributed by atoms with Gasteiger partial charge in [0.2, 0.25) is 5.82 Å². The van der Waals surface area contributed by atoms with E-state index in [0.717, 1.165) is 6.08 Å². The van der Waals surface area contributed by atoms with Gasteiger partial charge in [-0.15, -0.1) is 0 Å². The summed E-state index contributed by atoms with van der Waals surface area (Å²) in [6.07, 6.45) is 4.83. The van der Waals surface area contributed by atoms with E-state index < -0.39 is 5.78 Å². The normalized spacial score (nSPS) is 11.3. The van der Waals surface area contributed by atoms with Gasteiger partial charge in [-0.2, -0.15) is 5.10 Å². The molecule has 2 aromatic heterocycles. The largest absolute Gasteiger partial charge is 0.504 e. The number of aliphatic hydroxyl groups is 1. The van der Waals surface area contributed by atoms with E-state index in [1.807, 2.05) is 0 Å². The average molecular weight is 327 g/mol. The molecule has 0 saturated carbocycles. The molecule has 3 rings (SSSR count). The van der Waals surface area contributed by atoms with Crippen LogP contribution in [0.3, 0.4) is 0 Å². The lowest BCUT2D eigenvalue weighted by Crippen LogP contribution is -1.98. The first kappa shape index (κ1) is 15.3. The summed E-state index contributed by atoms with van der Waals surface area (Å²) < 4.78 is 15.7. The molecular formula is C16H13N3O5. The van der Waals surface area contributed by atoms with Gasteiger partial charge >= 0.3 is 0 Å². The number of carbonyl (C=O) groups is 1. The molecule has 8 nitrogen and oxygen atoms in total. The predicted octanol–water partition coefficient (Wildman–Crippen LogP) is 2.98. The first-order chi connectivity index (χ1) is 11.7. The summed E-state index contributed by atoms with van der Waals surface area (Å²) in [5.41, 5.74) is 0.160. The number of carbonyl (C=O) groups excluding carboxylic acids is 1. The number of hydrogen-bond acceptors (Lipinski definition) is 7. The average Bonchev–Trinajstić information content (AvgIpc) is 3.27. The van der Waals surface area contributed by atoms with E-state index in [2.05, 4.69) is 15.2 Å². The molecule has 0 atom stereocenters. The number of furan rings is 1. The number of aliphatic hydroxyl groups excluding tert-OH is 1. The Labute approximate surface area is 136 Å². The van der Waals surface area contributed by atoms with E-state index in [4.69, 9.17) is 13.9 Å². The van der Waals surface area contributed by atoms with Crippen LogP contribution in [0.2, 0.25) is 0 Å². The zero-order chi connectivity index (χ0) is 16.9. The lowest BCUT2D eigenvalue weighted by molar-refractivity contribution is 0.104. The number of nitrogens with zero attached hydrogens (tertiary/aromatic N) is 2. The summed E-state index contributed by atoms with van der Waals surface area (Å²) in [4.78, 5) is 16.0. The summed E-state index contributed by atoms with van der Waals surface area (Å²) >= 11 is 0. The molecule has 0 aliphatic carbocycles. The van der Waals surface area contributed by atoms with Gasteiger partial charge in [-0.05, 0) is 24.3 Å². The van der Waals surface area contributed by atoms with E-state index >= 15 is 0 Å². The van der Waals surface area contributed by atoms with Crippen LogP contribution in [0.5, 0.6) is 17.2 Å². The SMILES string of the molecule is COc1ccc(Oc2cocc2C(=O)C=C(O)c2nc[nH]n2)cc1. The maximum absolute atomic E-state index is 12.3. The van der Waals surface area contributed by atoms with Gasteiger partial charge < -0.3 is 19.0 Å². The second kappa shape index (κ2) is 6.69. The number of H-pyrrole nitrogens is 1. The summed E-state index contributed by atoms with van der Waals surface area (Å²) in [5, 5.41) is 16.0. The van der Waals surface area contributed by atoms with Crippen LogP contribution < -0.4 is 9.47 Å². The van der Waals surface area contributed by atoms with Crippen LogP contribution in [-0.4, -0.2) is 33.2 Å². The van der Waals surface area contributed by atoms with Gasteiger partial charge in [-0.1, -0.05) is 0 Å². The van der Waals surface area contributed by atoms with Crippen LogP contribution >= 0.6 is 0 Å². The van der Waals surface area contributed by atoms with Crippen molar-refractivity contribution in [2.75, 3.05) is 7.11 Å². The van der Waals surface area contributed by atoms with Crippen molar-refractivity contribution in [3.8, 4) is 17.2 Å². The number of aromatic nitrogens is 3. The fourth-order valence-electron chi connectivity index (χ4n) is 1.91. The number of nitrogens with one attached hydrogen (secondary N) is 1. The fourth-order valence-corrected chi connectivity index (χ4v) is 1.91. The first-order valence-electron chi connectivity index (χ1n) is 6.86. The van der Waals surface area contributed by atoms with Gasteiger partial charge in [0, 0.05) is 6.08 Å². The standard InChI is InChI=1S/C16H13N3O5/c1-22-10-2-4-11(5-3-10)24-15-8-23-7-12(15)13(20)6-14(21)16-17-9-18-19-16/h2-9,21H,1H3,(H,17,18,19). The molecule has 0 saturated heterocycles. The number of aromatic amines is 1. The Hall–Kier alpha value is -3.55. The van der Waals surface area contributed by atoms with Crippen LogP contribution in [0.15, 0.2) is 53.6 Å². The second-order valence-corrected chi connectivity index (χ2v) is 4.64. The number of ether oxygens (including phenoxy) is 2. The highest BCUT2D eigenvalue weighted by Crippen LogP contribution is 2.28. The van der Waals surface area contributed by atoms with Gasteiger partial charge in [0.1, 0.15) is 35.9 Å². The molecule has 0 aliphatic rings. The summed E-state index contributed by atoms with van der Waals surface area (Å²) in [7, 11) is 1.57. The maximum Gasteiger partial charge on any atom is 0.215 e. The van der Waals surface area contributed by atoms with E-state index in [9.17, 15) is 9.90 Å². The van der Waals surface area contributed by atoms with Crippen molar-refractivity contribution < 1.29 is 23.8 Å². The highest BCUT2D eigenvalue weighted by molar-refractivity contribution is 6.09. The highest BCUT2D eigenvalue weighted by Gasteiger charge is 2.16. The molecule has 0 spiro atoms. The van der Waals surface area contributed by atoms with Crippen LogP contribution in [0, 0.1) is 0 Å². The molecule has 0 amide bonds. The van der Waals surface area contributed by atoms with E-state index in [-0.39, 0.29) is 22.9 Å². The number of benzene rings is 1. The second-order valence-electron chi connectivity index (χ2n) is 4.64. The minimum absolute atomic E-state index is 0.0180.